The fraction of sp³-hybridized carbons (Fsp3) is 0.250. The molecule has 1 aromatic carbocycles. The molecule has 0 spiro atoms. The van der Waals surface area contributed by atoms with Gasteiger partial charge in [-0.05, 0) is 17.7 Å². The molecule has 1 aromatic rings. The van der Waals surface area contributed by atoms with E-state index in [0.29, 0.717) is 10.6 Å². The Bertz CT molecular complexity index is 298. The Morgan fingerprint density at radius 2 is 1.71 bits per heavy atom. The van der Waals surface area contributed by atoms with Gasteiger partial charge in [0.25, 0.3) is 0 Å². The van der Waals surface area contributed by atoms with Crippen molar-refractivity contribution >= 4 is 27.5 Å². The molecule has 0 fully saturated rings. The summed E-state index contributed by atoms with van der Waals surface area (Å²) in [5.41, 5.74) is 0.353. The molecule has 0 amide bonds. The number of alkyl halides is 4. The Kier molecular flexibility index (Phi) is 3.80. The highest BCUT2D eigenvalue weighted by atomic mass is 79.9. The Balaban J connectivity index is 2.70. The zero-order chi connectivity index (χ0) is 10.8. The first-order chi connectivity index (χ1) is 6.38. The average Bonchev–Trinajstić information content (AvgIpc) is 2.02. The highest BCUT2D eigenvalue weighted by Gasteiger charge is 2.33. The molecule has 0 heterocycles. The summed E-state index contributed by atoms with van der Waals surface area (Å²) in [6.07, 6.45) is -4.66. The van der Waals surface area contributed by atoms with Crippen LogP contribution in [0.4, 0.5) is 13.2 Å². The molecule has 0 saturated heterocycles. The molecule has 1 unspecified atom stereocenters. The first kappa shape index (κ1) is 11.8. The molecule has 14 heavy (non-hydrogen) atoms. The van der Waals surface area contributed by atoms with Gasteiger partial charge in [-0.2, -0.15) is 0 Å². The molecule has 0 bridgehead atoms. The number of halogens is 5. The van der Waals surface area contributed by atoms with Gasteiger partial charge in [0, 0.05) is 5.02 Å². The van der Waals surface area contributed by atoms with Crippen molar-refractivity contribution in [1.29, 1.82) is 0 Å². The van der Waals surface area contributed by atoms with Crippen LogP contribution in [0.1, 0.15) is 10.6 Å². The van der Waals surface area contributed by atoms with Crippen LogP contribution in [-0.4, -0.2) is 6.36 Å². The van der Waals surface area contributed by atoms with Gasteiger partial charge in [0.05, 0.1) is 0 Å². The van der Waals surface area contributed by atoms with Gasteiger partial charge in [-0.15, -0.1) is 13.2 Å². The van der Waals surface area contributed by atoms with Crippen molar-refractivity contribution in [3.63, 3.8) is 0 Å². The molecule has 6 heteroatoms. The Labute approximate surface area is 91.9 Å². The van der Waals surface area contributed by atoms with Crippen LogP contribution in [0.25, 0.3) is 0 Å². The molecule has 0 saturated carbocycles. The second kappa shape index (κ2) is 4.51. The quantitative estimate of drug-likeness (QED) is 0.739. The smallest absolute Gasteiger partial charge is 0.272 e. The van der Waals surface area contributed by atoms with Crippen molar-refractivity contribution < 1.29 is 17.9 Å². The summed E-state index contributed by atoms with van der Waals surface area (Å²) < 4.78 is 39.1. The van der Waals surface area contributed by atoms with Crippen LogP contribution in [0.3, 0.4) is 0 Å². The zero-order valence-corrected chi connectivity index (χ0v) is 9.03. The third kappa shape index (κ3) is 3.86. The first-order valence-corrected chi connectivity index (χ1v) is 4.82. The number of ether oxygens (including phenoxy) is 1. The Morgan fingerprint density at radius 1 is 1.21 bits per heavy atom. The average molecular weight is 289 g/mol. The standard InChI is InChI=1S/C8H5BrClF3O/c9-7(14-8(11,12)13)5-1-3-6(10)4-2-5/h1-4,7H. The minimum absolute atomic E-state index is 0.353. The van der Waals surface area contributed by atoms with Crippen LogP contribution in [0.5, 0.6) is 0 Å². The van der Waals surface area contributed by atoms with Gasteiger partial charge in [0.2, 0.25) is 0 Å². The maximum absolute atomic E-state index is 11.8. The van der Waals surface area contributed by atoms with Crippen molar-refractivity contribution in [3.8, 4) is 0 Å². The molecular formula is C8H5BrClF3O. The van der Waals surface area contributed by atoms with Crippen molar-refractivity contribution in [2.75, 3.05) is 0 Å². The first-order valence-electron chi connectivity index (χ1n) is 3.52. The summed E-state index contributed by atoms with van der Waals surface area (Å²) in [4.78, 5) is 0. The maximum atomic E-state index is 11.8. The third-order valence-electron chi connectivity index (χ3n) is 1.37. The highest BCUT2D eigenvalue weighted by molar-refractivity contribution is 9.09. The van der Waals surface area contributed by atoms with E-state index in [0.717, 1.165) is 0 Å². The minimum atomic E-state index is -4.66. The molecule has 1 rings (SSSR count). The van der Waals surface area contributed by atoms with Crippen LogP contribution in [0.15, 0.2) is 24.3 Å². The molecular weight excluding hydrogens is 284 g/mol. The van der Waals surface area contributed by atoms with E-state index in [1.54, 1.807) is 0 Å². The number of rotatable bonds is 2. The van der Waals surface area contributed by atoms with Crippen LogP contribution in [0.2, 0.25) is 5.02 Å². The fourth-order valence-corrected chi connectivity index (χ4v) is 1.44. The van der Waals surface area contributed by atoms with E-state index >= 15 is 0 Å². The van der Waals surface area contributed by atoms with Gasteiger partial charge in [-0.3, -0.25) is 4.74 Å². The van der Waals surface area contributed by atoms with Gasteiger partial charge >= 0.3 is 6.36 Å². The van der Waals surface area contributed by atoms with E-state index < -0.39 is 11.4 Å². The lowest BCUT2D eigenvalue weighted by molar-refractivity contribution is -0.330. The van der Waals surface area contributed by atoms with Crippen LogP contribution < -0.4 is 0 Å². The van der Waals surface area contributed by atoms with Crippen molar-refractivity contribution in [2.24, 2.45) is 0 Å². The molecule has 0 radical (unpaired) electrons. The maximum Gasteiger partial charge on any atom is 0.523 e. The molecule has 1 nitrogen and oxygen atoms in total. The Hall–Kier alpha value is -0.260. The second-order valence-electron chi connectivity index (χ2n) is 2.43. The largest absolute Gasteiger partial charge is 0.523 e. The summed E-state index contributed by atoms with van der Waals surface area (Å²) in [5.74, 6) is 0. The van der Waals surface area contributed by atoms with E-state index in [4.69, 9.17) is 11.6 Å². The van der Waals surface area contributed by atoms with Gasteiger partial charge < -0.3 is 0 Å². The van der Waals surface area contributed by atoms with Gasteiger partial charge in [-0.1, -0.05) is 39.7 Å². The molecule has 0 N–H and O–H groups in total. The van der Waals surface area contributed by atoms with Gasteiger partial charge in [0.1, 0.15) is 5.01 Å². The summed E-state index contributed by atoms with van der Waals surface area (Å²) in [6.45, 7) is 0. The lowest BCUT2D eigenvalue weighted by Gasteiger charge is -2.13. The molecule has 1 atom stereocenters. The molecule has 0 aliphatic heterocycles. The second-order valence-corrected chi connectivity index (χ2v) is 3.70. The summed E-state index contributed by atoms with van der Waals surface area (Å²) in [7, 11) is 0. The van der Waals surface area contributed by atoms with E-state index in [9.17, 15) is 13.2 Å². The van der Waals surface area contributed by atoms with Crippen molar-refractivity contribution in [2.45, 2.75) is 11.4 Å². The van der Waals surface area contributed by atoms with Gasteiger partial charge in [0.15, 0.2) is 0 Å². The van der Waals surface area contributed by atoms with E-state index in [2.05, 4.69) is 20.7 Å². The van der Waals surface area contributed by atoms with Crippen molar-refractivity contribution in [1.82, 2.24) is 0 Å². The van der Waals surface area contributed by atoms with Crippen molar-refractivity contribution in [3.05, 3.63) is 34.9 Å². The van der Waals surface area contributed by atoms with Crippen LogP contribution in [0, 0.1) is 0 Å². The van der Waals surface area contributed by atoms with Crippen LogP contribution in [-0.2, 0) is 4.74 Å². The third-order valence-corrected chi connectivity index (χ3v) is 2.34. The predicted molar refractivity (Wildman–Crippen MR) is 50.3 cm³/mol. The molecule has 78 valence electrons. The topological polar surface area (TPSA) is 9.23 Å². The SMILES string of the molecule is FC(F)(F)OC(Br)c1ccc(Cl)cc1. The number of hydrogen-bond acceptors (Lipinski definition) is 1. The summed E-state index contributed by atoms with van der Waals surface area (Å²) in [5, 5.41) is -0.750. The lowest BCUT2D eigenvalue weighted by Crippen LogP contribution is -2.14. The zero-order valence-electron chi connectivity index (χ0n) is 6.68. The van der Waals surface area contributed by atoms with Crippen LogP contribution >= 0.6 is 27.5 Å². The number of hydrogen-bond donors (Lipinski definition) is 0. The summed E-state index contributed by atoms with van der Waals surface area (Å²) >= 11 is 8.33. The fourth-order valence-electron chi connectivity index (χ4n) is 0.799. The lowest BCUT2D eigenvalue weighted by atomic mass is 10.2. The minimum Gasteiger partial charge on any atom is -0.272 e. The summed E-state index contributed by atoms with van der Waals surface area (Å²) in [6, 6.07) is 5.89. The van der Waals surface area contributed by atoms with E-state index in [-0.39, 0.29) is 0 Å². The van der Waals surface area contributed by atoms with E-state index in [1.807, 2.05) is 0 Å². The van der Waals surface area contributed by atoms with E-state index in [1.165, 1.54) is 24.3 Å². The van der Waals surface area contributed by atoms with Gasteiger partial charge in [-0.25, -0.2) is 0 Å². The molecule has 0 aliphatic carbocycles. The Morgan fingerprint density at radius 3 is 2.14 bits per heavy atom. The highest BCUT2D eigenvalue weighted by Crippen LogP contribution is 2.32. The monoisotopic (exact) mass is 288 g/mol. The number of benzene rings is 1. The molecule has 0 aliphatic rings. The normalized spacial score (nSPS) is 14.1. The predicted octanol–water partition coefficient (Wildman–Crippen LogP) is 4.27. The molecule has 0 aromatic heterocycles.